The lowest BCUT2D eigenvalue weighted by molar-refractivity contribution is -0.139. The highest BCUT2D eigenvalue weighted by atomic mass is 79.9. The number of amides is 2. The molecule has 3 rings (SSSR count). The van der Waals surface area contributed by atoms with Gasteiger partial charge < -0.3 is 10.2 Å². The Labute approximate surface area is 238 Å². The molecule has 0 aliphatic rings. The molecule has 0 saturated heterocycles. The number of likely N-dealkylation sites (N-methyl/N-ethyl adjacent to an activating group) is 1. The number of hydrogen-bond donors (Lipinski definition) is 1. The van der Waals surface area contributed by atoms with Crippen LogP contribution in [0.15, 0.2) is 76.1 Å². The minimum atomic E-state index is -4.14. The smallest absolute Gasteiger partial charge is 0.264 e. The van der Waals surface area contributed by atoms with Crippen LogP contribution in [0.5, 0.6) is 0 Å². The fourth-order valence-electron chi connectivity index (χ4n) is 3.99. The van der Waals surface area contributed by atoms with E-state index in [1.54, 1.807) is 51.1 Å². The van der Waals surface area contributed by atoms with Crippen molar-refractivity contribution >= 4 is 55.1 Å². The number of rotatable bonds is 10. The van der Waals surface area contributed by atoms with E-state index in [1.807, 2.05) is 31.2 Å². The molecule has 0 aliphatic carbocycles. The van der Waals surface area contributed by atoms with Gasteiger partial charge in [-0.1, -0.05) is 57.4 Å². The molecule has 1 atom stereocenters. The Bertz CT molecular complexity index is 1410. The third-order valence-electron chi connectivity index (χ3n) is 6.08. The van der Waals surface area contributed by atoms with Crippen LogP contribution in [0.3, 0.4) is 0 Å². The summed E-state index contributed by atoms with van der Waals surface area (Å²) in [6, 6.07) is 17.8. The lowest BCUT2D eigenvalue weighted by Gasteiger charge is -2.32. The number of anilines is 1. The number of sulfonamides is 1. The van der Waals surface area contributed by atoms with Gasteiger partial charge in [0.25, 0.3) is 10.0 Å². The van der Waals surface area contributed by atoms with Gasteiger partial charge in [0.15, 0.2) is 0 Å². The van der Waals surface area contributed by atoms with Crippen molar-refractivity contribution < 1.29 is 18.0 Å². The monoisotopic (exact) mass is 619 g/mol. The van der Waals surface area contributed by atoms with Crippen molar-refractivity contribution in [2.24, 2.45) is 0 Å². The molecule has 0 radical (unpaired) electrons. The van der Waals surface area contributed by atoms with Crippen LogP contribution in [0.4, 0.5) is 5.69 Å². The maximum Gasteiger partial charge on any atom is 0.264 e. The lowest BCUT2D eigenvalue weighted by atomic mass is 10.1. The van der Waals surface area contributed by atoms with Crippen LogP contribution in [0.1, 0.15) is 30.5 Å². The molecule has 0 fully saturated rings. The maximum atomic E-state index is 13.9. The number of carbonyl (C=O) groups is 2. The van der Waals surface area contributed by atoms with Crippen molar-refractivity contribution in [3.63, 3.8) is 0 Å². The Kier molecular flexibility index (Phi) is 9.98. The molecule has 0 aliphatic heterocycles. The molecule has 3 aromatic carbocycles. The van der Waals surface area contributed by atoms with E-state index in [0.29, 0.717) is 22.8 Å². The van der Waals surface area contributed by atoms with Crippen LogP contribution < -0.4 is 9.62 Å². The highest BCUT2D eigenvalue weighted by molar-refractivity contribution is 9.10. The molecular weight excluding hydrogens is 590 g/mol. The number of hydrogen-bond acceptors (Lipinski definition) is 4. The summed E-state index contributed by atoms with van der Waals surface area (Å²) in [4.78, 5) is 28.1. The van der Waals surface area contributed by atoms with E-state index in [4.69, 9.17) is 11.6 Å². The minimum absolute atomic E-state index is 0.0561. The summed E-state index contributed by atoms with van der Waals surface area (Å²) < 4.78 is 29.7. The van der Waals surface area contributed by atoms with E-state index in [0.717, 1.165) is 19.9 Å². The van der Waals surface area contributed by atoms with Gasteiger partial charge >= 0.3 is 0 Å². The molecule has 202 valence electrons. The first-order valence-corrected chi connectivity index (χ1v) is 14.7. The van der Waals surface area contributed by atoms with Crippen molar-refractivity contribution in [2.45, 2.75) is 45.2 Å². The van der Waals surface area contributed by atoms with Gasteiger partial charge in [-0.15, -0.1) is 0 Å². The van der Waals surface area contributed by atoms with Gasteiger partial charge in [-0.05, 0) is 81.3 Å². The van der Waals surface area contributed by atoms with Gasteiger partial charge in [-0.2, -0.15) is 0 Å². The zero-order valence-electron chi connectivity index (χ0n) is 21.7. The number of aryl methyl sites for hydroxylation is 2. The number of halogens is 2. The molecule has 0 unspecified atom stereocenters. The van der Waals surface area contributed by atoms with Gasteiger partial charge in [-0.3, -0.25) is 13.9 Å². The van der Waals surface area contributed by atoms with Crippen LogP contribution in [0.2, 0.25) is 5.02 Å². The maximum absolute atomic E-state index is 13.9. The summed E-state index contributed by atoms with van der Waals surface area (Å²) in [5.74, 6) is -0.847. The molecule has 2 amide bonds. The van der Waals surface area contributed by atoms with Gasteiger partial charge in [0, 0.05) is 22.6 Å². The second-order valence-electron chi connectivity index (χ2n) is 8.98. The Morgan fingerprint density at radius 2 is 1.71 bits per heavy atom. The molecule has 1 N–H and O–H groups in total. The van der Waals surface area contributed by atoms with Crippen LogP contribution in [-0.2, 0) is 26.2 Å². The second kappa shape index (κ2) is 12.8. The van der Waals surface area contributed by atoms with Crippen LogP contribution in [0, 0.1) is 13.8 Å². The van der Waals surface area contributed by atoms with Gasteiger partial charge in [0.1, 0.15) is 12.6 Å². The van der Waals surface area contributed by atoms with Crippen molar-refractivity contribution in [3.05, 3.63) is 92.9 Å². The van der Waals surface area contributed by atoms with E-state index in [2.05, 4.69) is 21.2 Å². The molecule has 0 heterocycles. The van der Waals surface area contributed by atoms with E-state index in [1.165, 1.54) is 17.0 Å². The summed E-state index contributed by atoms with van der Waals surface area (Å²) >= 11 is 9.58. The van der Waals surface area contributed by atoms with Crippen molar-refractivity contribution in [1.29, 1.82) is 0 Å². The van der Waals surface area contributed by atoms with E-state index >= 15 is 0 Å². The fraction of sp³-hybridized carbons (Fsp3) is 0.286. The first-order valence-electron chi connectivity index (χ1n) is 12.1. The molecule has 0 aromatic heterocycles. The summed E-state index contributed by atoms with van der Waals surface area (Å²) in [5, 5.41) is 3.20. The highest BCUT2D eigenvalue weighted by Gasteiger charge is 2.33. The van der Waals surface area contributed by atoms with Gasteiger partial charge in [0.05, 0.1) is 10.6 Å². The predicted molar refractivity (Wildman–Crippen MR) is 155 cm³/mol. The van der Waals surface area contributed by atoms with Crippen molar-refractivity contribution in [1.82, 2.24) is 10.2 Å². The summed E-state index contributed by atoms with van der Waals surface area (Å²) in [5.41, 5.74) is 2.62. The first kappa shape index (κ1) is 29.7. The van der Waals surface area contributed by atoms with Crippen molar-refractivity contribution in [2.75, 3.05) is 17.4 Å². The largest absolute Gasteiger partial charge is 0.355 e. The normalized spacial score (nSPS) is 12.1. The average Bonchev–Trinajstić information content (AvgIpc) is 2.86. The summed E-state index contributed by atoms with van der Waals surface area (Å²) in [7, 11) is -4.14. The average molecular weight is 621 g/mol. The lowest BCUT2D eigenvalue weighted by Crippen LogP contribution is -2.51. The topological polar surface area (TPSA) is 86.8 Å². The van der Waals surface area contributed by atoms with Crippen LogP contribution >= 0.6 is 27.5 Å². The second-order valence-corrected chi connectivity index (χ2v) is 12.2. The van der Waals surface area contributed by atoms with Gasteiger partial charge in [-0.25, -0.2) is 8.42 Å². The zero-order valence-corrected chi connectivity index (χ0v) is 24.9. The van der Waals surface area contributed by atoms with E-state index < -0.39 is 28.5 Å². The minimum Gasteiger partial charge on any atom is -0.355 e. The Balaban J connectivity index is 2.07. The number of benzene rings is 3. The predicted octanol–water partition coefficient (Wildman–Crippen LogP) is 5.47. The summed E-state index contributed by atoms with van der Waals surface area (Å²) in [6.07, 6.45) is 0. The molecule has 38 heavy (non-hydrogen) atoms. The van der Waals surface area contributed by atoms with E-state index in [9.17, 15) is 18.0 Å². The zero-order chi connectivity index (χ0) is 28.0. The molecule has 10 heteroatoms. The number of nitrogens with one attached hydrogen (secondary N) is 1. The SMILES string of the molecule is CCNC(=O)[C@H](C)N(Cc1cccc(Br)c1)C(=O)CN(c1ccc(Cl)cc1C)S(=O)(=O)c1ccc(C)cc1. The third kappa shape index (κ3) is 7.15. The third-order valence-corrected chi connectivity index (χ3v) is 8.58. The first-order chi connectivity index (χ1) is 17.9. The Hall–Kier alpha value is -2.88. The Morgan fingerprint density at radius 1 is 1.03 bits per heavy atom. The molecule has 0 spiro atoms. The Morgan fingerprint density at radius 3 is 2.32 bits per heavy atom. The molecule has 3 aromatic rings. The molecule has 7 nitrogen and oxygen atoms in total. The summed E-state index contributed by atoms with van der Waals surface area (Å²) in [6.45, 7) is 7.05. The van der Waals surface area contributed by atoms with Crippen molar-refractivity contribution in [3.8, 4) is 0 Å². The van der Waals surface area contributed by atoms with Crippen LogP contribution in [0.25, 0.3) is 0 Å². The standard InChI is InChI=1S/C28H31BrClN3O4S/c1-5-31-28(35)21(4)32(17-22-7-6-8-23(29)16-22)27(34)18-33(26-14-11-24(30)15-20(26)3)38(36,37)25-12-9-19(2)10-13-25/h6-16,21H,5,17-18H2,1-4H3,(H,31,35)/t21-/m0/s1. The molecular formula is C28H31BrClN3O4S. The highest BCUT2D eigenvalue weighted by Crippen LogP contribution is 2.29. The van der Waals surface area contributed by atoms with Gasteiger partial charge in [0.2, 0.25) is 11.8 Å². The molecule has 0 saturated carbocycles. The van der Waals surface area contributed by atoms with E-state index in [-0.39, 0.29) is 17.3 Å². The fourth-order valence-corrected chi connectivity index (χ4v) is 6.14. The van der Waals surface area contributed by atoms with Crippen LogP contribution in [-0.4, -0.2) is 44.3 Å². The number of carbonyl (C=O) groups excluding carboxylic acids is 2. The number of nitrogens with zero attached hydrogens (tertiary/aromatic N) is 2. The molecule has 0 bridgehead atoms. The quantitative estimate of drug-likeness (QED) is 0.326.